The Labute approximate surface area is 103 Å². The van der Waals surface area contributed by atoms with Gasteiger partial charge < -0.3 is 5.11 Å². The molecule has 2 aromatic heterocycles. The maximum atomic E-state index is 10.3. The first-order valence-corrected chi connectivity index (χ1v) is 6.28. The maximum Gasteiger partial charge on any atom is 0.106 e. The maximum absolute atomic E-state index is 10.3. The molecule has 1 atom stereocenters. The van der Waals surface area contributed by atoms with Crippen molar-refractivity contribution in [2.75, 3.05) is 0 Å². The van der Waals surface area contributed by atoms with Crippen molar-refractivity contribution in [1.29, 1.82) is 0 Å². The molecule has 0 aliphatic carbocycles. The van der Waals surface area contributed by atoms with Crippen LogP contribution in [0.3, 0.4) is 0 Å². The molecule has 0 aliphatic rings. The number of hydrogen-bond donors (Lipinski definition) is 1. The van der Waals surface area contributed by atoms with Gasteiger partial charge in [0, 0.05) is 22.7 Å². The van der Waals surface area contributed by atoms with Gasteiger partial charge in [0.25, 0.3) is 0 Å². The Morgan fingerprint density at radius 1 is 1.12 bits per heavy atom. The van der Waals surface area contributed by atoms with Gasteiger partial charge >= 0.3 is 0 Å². The quantitative estimate of drug-likeness (QED) is 0.746. The molecule has 17 heavy (non-hydrogen) atoms. The molecular weight excluding hydrogens is 230 g/mol. The topological polar surface area (TPSA) is 33.1 Å². The SMILES string of the molecule is OC(c1cccnc1)c1ccc2sccc2c1. The van der Waals surface area contributed by atoms with Gasteiger partial charge in [-0.2, -0.15) is 0 Å². The summed E-state index contributed by atoms with van der Waals surface area (Å²) in [5, 5.41) is 13.5. The number of nitrogens with zero attached hydrogens (tertiary/aromatic N) is 1. The van der Waals surface area contributed by atoms with Gasteiger partial charge in [0.2, 0.25) is 0 Å². The molecule has 0 saturated carbocycles. The summed E-state index contributed by atoms with van der Waals surface area (Å²) in [4.78, 5) is 4.03. The number of aliphatic hydroxyl groups is 1. The largest absolute Gasteiger partial charge is 0.384 e. The fraction of sp³-hybridized carbons (Fsp3) is 0.0714. The number of pyridine rings is 1. The number of aliphatic hydroxyl groups excluding tert-OH is 1. The molecule has 2 heterocycles. The highest BCUT2D eigenvalue weighted by Crippen LogP contribution is 2.27. The lowest BCUT2D eigenvalue weighted by atomic mass is 10.0. The van der Waals surface area contributed by atoms with Crippen LogP contribution in [0.1, 0.15) is 17.2 Å². The first-order valence-electron chi connectivity index (χ1n) is 5.40. The molecule has 1 aromatic carbocycles. The molecule has 0 saturated heterocycles. The summed E-state index contributed by atoms with van der Waals surface area (Å²) in [6.45, 7) is 0. The van der Waals surface area contributed by atoms with E-state index < -0.39 is 6.10 Å². The normalized spacial score (nSPS) is 12.8. The minimum atomic E-state index is -0.604. The van der Waals surface area contributed by atoms with Gasteiger partial charge in [-0.3, -0.25) is 4.98 Å². The fourth-order valence-corrected chi connectivity index (χ4v) is 2.66. The van der Waals surface area contributed by atoms with Crippen LogP contribution in [0.4, 0.5) is 0 Å². The highest BCUT2D eigenvalue weighted by molar-refractivity contribution is 7.17. The van der Waals surface area contributed by atoms with Crippen molar-refractivity contribution in [3.05, 3.63) is 65.3 Å². The van der Waals surface area contributed by atoms with Crippen LogP contribution in [0.15, 0.2) is 54.2 Å². The van der Waals surface area contributed by atoms with E-state index in [-0.39, 0.29) is 0 Å². The molecule has 0 bridgehead atoms. The summed E-state index contributed by atoms with van der Waals surface area (Å²) in [5.41, 5.74) is 1.73. The Morgan fingerprint density at radius 3 is 2.88 bits per heavy atom. The number of rotatable bonds is 2. The highest BCUT2D eigenvalue weighted by Gasteiger charge is 2.10. The van der Waals surface area contributed by atoms with E-state index in [0.717, 1.165) is 11.1 Å². The lowest BCUT2D eigenvalue weighted by molar-refractivity contribution is 0.220. The second-order valence-electron chi connectivity index (χ2n) is 3.91. The van der Waals surface area contributed by atoms with Crippen LogP contribution in [0, 0.1) is 0 Å². The summed E-state index contributed by atoms with van der Waals surface area (Å²) in [6.07, 6.45) is 2.80. The molecule has 0 fully saturated rings. The number of aromatic nitrogens is 1. The second-order valence-corrected chi connectivity index (χ2v) is 4.85. The van der Waals surface area contributed by atoms with Crippen molar-refractivity contribution in [3.63, 3.8) is 0 Å². The molecule has 0 spiro atoms. The molecule has 3 heteroatoms. The Morgan fingerprint density at radius 2 is 2.06 bits per heavy atom. The van der Waals surface area contributed by atoms with E-state index in [9.17, 15) is 5.11 Å². The molecule has 0 radical (unpaired) electrons. The van der Waals surface area contributed by atoms with Gasteiger partial charge in [0.05, 0.1) is 0 Å². The van der Waals surface area contributed by atoms with Crippen molar-refractivity contribution < 1.29 is 5.11 Å². The monoisotopic (exact) mass is 241 g/mol. The van der Waals surface area contributed by atoms with Crippen LogP contribution in [0.2, 0.25) is 0 Å². The average Bonchev–Trinajstić information content (AvgIpc) is 2.86. The van der Waals surface area contributed by atoms with Crippen molar-refractivity contribution in [1.82, 2.24) is 4.98 Å². The van der Waals surface area contributed by atoms with E-state index in [1.807, 2.05) is 24.3 Å². The zero-order valence-electron chi connectivity index (χ0n) is 9.08. The van der Waals surface area contributed by atoms with E-state index in [1.54, 1.807) is 23.7 Å². The molecule has 0 aliphatic heterocycles. The number of benzene rings is 1. The number of hydrogen-bond acceptors (Lipinski definition) is 3. The molecule has 2 nitrogen and oxygen atoms in total. The average molecular weight is 241 g/mol. The zero-order chi connectivity index (χ0) is 11.7. The van der Waals surface area contributed by atoms with Crippen LogP contribution in [-0.2, 0) is 0 Å². The van der Waals surface area contributed by atoms with Crippen LogP contribution >= 0.6 is 11.3 Å². The van der Waals surface area contributed by atoms with E-state index in [1.165, 1.54) is 10.1 Å². The summed E-state index contributed by atoms with van der Waals surface area (Å²) in [5.74, 6) is 0. The van der Waals surface area contributed by atoms with Gasteiger partial charge in [-0.15, -0.1) is 11.3 Å². The third-order valence-corrected chi connectivity index (χ3v) is 3.69. The van der Waals surface area contributed by atoms with E-state index >= 15 is 0 Å². The lowest BCUT2D eigenvalue weighted by Crippen LogP contribution is -1.99. The Balaban J connectivity index is 2.03. The molecule has 3 rings (SSSR count). The zero-order valence-corrected chi connectivity index (χ0v) is 9.89. The standard InChI is InChI=1S/C14H11NOS/c16-14(12-2-1-6-15-9-12)11-3-4-13-10(8-11)5-7-17-13/h1-9,14,16H. The van der Waals surface area contributed by atoms with Crippen molar-refractivity contribution in [2.45, 2.75) is 6.10 Å². The van der Waals surface area contributed by atoms with Crippen LogP contribution in [0.25, 0.3) is 10.1 Å². The Kier molecular flexibility index (Phi) is 2.63. The Hall–Kier alpha value is -1.71. The van der Waals surface area contributed by atoms with Crippen molar-refractivity contribution in [3.8, 4) is 0 Å². The highest BCUT2D eigenvalue weighted by atomic mass is 32.1. The van der Waals surface area contributed by atoms with Gasteiger partial charge in [-0.25, -0.2) is 0 Å². The van der Waals surface area contributed by atoms with Crippen LogP contribution in [-0.4, -0.2) is 10.1 Å². The molecule has 1 N–H and O–H groups in total. The minimum absolute atomic E-state index is 0.604. The van der Waals surface area contributed by atoms with E-state index in [4.69, 9.17) is 0 Å². The first-order chi connectivity index (χ1) is 8.34. The predicted octanol–water partition coefficient (Wildman–Crippen LogP) is 3.38. The molecule has 84 valence electrons. The predicted molar refractivity (Wildman–Crippen MR) is 70.1 cm³/mol. The third-order valence-electron chi connectivity index (χ3n) is 2.79. The summed E-state index contributed by atoms with van der Waals surface area (Å²) < 4.78 is 1.24. The number of thiophene rings is 1. The fourth-order valence-electron chi connectivity index (χ4n) is 1.89. The Bertz CT molecular complexity index is 633. The van der Waals surface area contributed by atoms with Crippen LogP contribution in [0.5, 0.6) is 0 Å². The summed E-state index contributed by atoms with van der Waals surface area (Å²) in [7, 11) is 0. The molecule has 3 aromatic rings. The second kappa shape index (κ2) is 4.28. The summed E-state index contributed by atoms with van der Waals surface area (Å²) in [6, 6.07) is 11.8. The van der Waals surface area contributed by atoms with Gasteiger partial charge in [0.15, 0.2) is 0 Å². The van der Waals surface area contributed by atoms with Gasteiger partial charge in [-0.05, 0) is 40.6 Å². The molecule has 0 amide bonds. The summed E-state index contributed by atoms with van der Waals surface area (Å²) >= 11 is 1.71. The number of fused-ring (bicyclic) bond motifs is 1. The minimum Gasteiger partial charge on any atom is -0.384 e. The van der Waals surface area contributed by atoms with Gasteiger partial charge in [0.1, 0.15) is 6.10 Å². The van der Waals surface area contributed by atoms with E-state index in [2.05, 4.69) is 22.5 Å². The lowest BCUT2D eigenvalue weighted by Gasteiger charge is -2.10. The van der Waals surface area contributed by atoms with Crippen molar-refractivity contribution >= 4 is 21.4 Å². The van der Waals surface area contributed by atoms with Crippen molar-refractivity contribution in [2.24, 2.45) is 0 Å². The first kappa shape index (κ1) is 10.4. The molecule has 1 unspecified atom stereocenters. The van der Waals surface area contributed by atoms with Crippen LogP contribution < -0.4 is 0 Å². The third kappa shape index (κ3) is 1.95. The van der Waals surface area contributed by atoms with E-state index in [0.29, 0.717) is 0 Å². The van der Waals surface area contributed by atoms with Gasteiger partial charge in [-0.1, -0.05) is 12.1 Å². The molecular formula is C14H11NOS. The smallest absolute Gasteiger partial charge is 0.106 e.